The van der Waals surface area contributed by atoms with E-state index in [1.54, 1.807) is 7.11 Å². The molecule has 8 nitrogen and oxygen atoms in total. The largest absolute Gasteiger partial charge is 0.384 e. The lowest BCUT2D eigenvalue weighted by Crippen LogP contribution is -2.43. The number of carbonyl (C=O) groups excluding carboxylic acids is 2. The van der Waals surface area contributed by atoms with E-state index >= 15 is 0 Å². The van der Waals surface area contributed by atoms with Crippen molar-refractivity contribution in [3.05, 3.63) is 11.6 Å². The number of nitrogens with one attached hydrogen (secondary N) is 1. The van der Waals surface area contributed by atoms with Crippen LogP contribution in [0.25, 0.3) is 0 Å². The Hall–Kier alpha value is -1.96. The summed E-state index contributed by atoms with van der Waals surface area (Å²) < 4.78 is 5.00. The summed E-state index contributed by atoms with van der Waals surface area (Å²) in [6, 6.07) is 0. The van der Waals surface area contributed by atoms with Crippen LogP contribution in [0.15, 0.2) is 0 Å². The molecule has 2 amide bonds. The number of aromatic amines is 1. The zero-order chi connectivity index (χ0) is 18.5. The lowest BCUT2D eigenvalue weighted by Gasteiger charge is -2.35. The third-order valence-electron chi connectivity index (χ3n) is 5.53. The maximum absolute atomic E-state index is 12.6. The minimum atomic E-state index is 0.0970. The van der Waals surface area contributed by atoms with Crippen LogP contribution >= 0.6 is 0 Å². The molecule has 2 aliphatic rings. The van der Waals surface area contributed by atoms with Crippen molar-refractivity contribution in [1.82, 2.24) is 25.0 Å². The molecule has 2 saturated heterocycles. The number of methoxy groups -OCH3 is 1. The number of nitrogens with zero attached hydrogens (tertiary/aromatic N) is 4. The molecule has 0 radical (unpaired) electrons. The molecule has 1 N–H and O–H groups in total. The molecule has 1 aromatic heterocycles. The highest BCUT2D eigenvalue weighted by Crippen LogP contribution is 2.31. The Kier molecular flexibility index (Phi) is 6.24. The van der Waals surface area contributed by atoms with Crippen molar-refractivity contribution in [2.75, 3.05) is 39.9 Å². The smallest absolute Gasteiger partial charge is 0.230 e. The van der Waals surface area contributed by atoms with Crippen molar-refractivity contribution in [1.29, 1.82) is 0 Å². The van der Waals surface area contributed by atoms with Gasteiger partial charge in [-0.3, -0.25) is 14.7 Å². The molecule has 0 aliphatic carbocycles. The maximum Gasteiger partial charge on any atom is 0.230 e. The molecular weight excluding hydrogens is 334 g/mol. The van der Waals surface area contributed by atoms with Gasteiger partial charge in [0.05, 0.1) is 19.4 Å². The van der Waals surface area contributed by atoms with E-state index < -0.39 is 0 Å². The fourth-order valence-electron chi connectivity index (χ4n) is 4.08. The highest BCUT2D eigenvalue weighted by Gasteiger charge is 2.35. The Bertz CT molecular complexity index is 632. The molecule has 0 aromatic carbocycles. The lowest BCUT2D eigenvalue weighted by molar-refractivity contribution is -0.133. The third kappa shape index (κ3) is 4.60. The van der Waals surface area contributed by atoms with E-state index in [9.17, 15) is 9.59 Å². The van der Waals surface area contributed by atoms with Gasteiger partial charge in [-0.25, -0.2) is 4.98 Å². The number of ether oxygens (including phenoxy) is 1. The standard InChI is InChI=1S/C18H29N5O3/c1-13-19-16(21-20-13)10-18(25)22-7-3-4-14(11-22)15-5-8-23(12-15)17(24)6-9-26-2/h14-15H,3-12H2,1-2H3,(H,19,20,21). The fraction of sp³-hybridized carbons (Fsp3) is 0.778. The zero-order valence-electron chi connectivity index (χ0n) is 15.7. The average Bonchev–Trinajstić information content (AvgIpc) is 3.29. The van der Waals surface area contributed by atoms with Gasteiger partial charge in [-0.15, -0.1) is 0 Å². The van der Waals surface area contributed by atoms with E-state index in [2.05, 4.69) is 15.2 Å². The first-order chi connectivity index (χ1) is 12.6. The molecule has 0 saturated carbocycles. The molecule has 3 rings (SSSR count). The van der Waals surface area contributed by atoms with Crippen LogP contribution in [-0.4, -0.2) is 76.7 Å². The number of aromatic nitrogens is 3. The molecule has 2 atom stereocenters. The van der Waals surface area contributed by atoms with Gasteiger partial charge in [0.1, 0.15) is 5.82 Å². The molecule has 1 aromatic rings. The van der Waals surface area contributed by atoms with Gasteiger partial charge in [0, 0.05) is 33.3 Å². The number of likely N-dealkylation sites (tertiary alicyclic amines) is 2. The molecule has 26 heavy (non-hydrogen) atoms. The summed E-state index contributed by atoms with van der Waals surface area (Å²) in [6.45, 7) is 5.54. The minimum Gasteiger partial charge on any atom is -0.384 e. The Morgan fingerprint density at radius 3 is 2.58 bits per heavy atom. The lowest BCUT2D eigenvalue weighted by atomic mass is 9.85. The molecule has 2 fully saturated rings. The van der Waals surface area contributed by atoms with E-state index in [4.69, 9.17) is 4.74 Å². The van der Waals surface area contributed by atoms with Gasteiger partial charge in [0.15, 0.2) is 5.82 Å². The predicted molar refractivity (Wildman–Crippen MR) is 95.3 cm³/mol. The van der Waals surface area contributed by atoms with Crippen molar-refractivity contribution in [3.8, 4) is 0 Å². The van der Waals surface area contributed by atoms with Crippen LogP contribution in [0, 0.1) is 18.8 Å². The molecule has 2 aliphatic heterocycles. The summed E-state index contributed by atoms with van der Waals surface area (Å²) in [4.78, 5) is 32.9. The van der Waals surface area contributed by atoms with Crippen LogP contribution in [-0.2, 0) is 20.7 Å². The third-order valence-corrected chi connectivity index (χ3v) is 5.53. The monoisotopic (exact) mass is 363 g/mol. The quantitative estimate of drug-likeness (QED) is 0.806. The predicted octanol–water partition coefficient (Wildman–Crippen LogP) is 0.779. The first-order valence-electron chi connectivity index (χ1n) is 9.49. The number of piperidine rings is 1. The van der Waals surface area contributed by atoms with Crippen molar-refractivity contribution in [2.24, 2.45) is 11.8 Å². The summed E-state index contributed by atoms with van der Waals surface area (Å²) in [6.07, 6.45) is 3.90. The van der Waals surface area contributed by atoms with E-state index in [0.717, 1.165) is 51.3 Å². The first-order valence-corrected chi connectivity index (χ1v) is 9.49. The van der Waals surface area contributed by atoms with Gasteiger partial charge in [0.2, 0.25) is 11.8 Å². The number of H-pyrrole nitrogens is 1. The number of hydrogen-bond donors (Lipinski definition) is 1. The molecule has 0 bridgehead atoms. The van der Waals surface area contributed by atoms with Gasteiger partial charge < -0.3 is 14.5 Å². The maximum atomic E-state index is 12.6. The summed E-state index contributed by atoms with van der Waals surface area (Å²) >= 11 is 0. The van der Waals surface area contributed by atoms with Crippen LogP contribution in [0.3, 0.4) is 0 Å². The van der Waals surface area contributed by atoms with E-state index in [0.29, 0.717) is 30.7 Å². The van der Waals surface area contributed by atoms with Crippen LogP contribution in [0.2, 0.25) is 0 Å². The van der Waals surface area contributed by atoms with E-state index in [1.165, 1.54) is 0 Å². The Balaban J connectivity index is 1.50. The minimum absolute atomic E-state index is 0.0970. The number of rotatable bonds is 6. The molecule has 0 spiro atoms. The van der Waals surface area contributed by atoms with Crippen molar-refractivity contribution < 1.29 is 14.3 Å². The number of hydrogen-bond acceptors (Lipinski definition) is 5. The second-order valence-electron chi connectivity index (χ2n) is 7.39. The Morgan fingerprint density at radius 2 is 1.88 bits per heavy atom. The summed E-state index contributed by atoms with van der Waals surface area (Å²) in [5, 5.41) is 6.85. The van der Waals surface area contributed by atoms with Gasteiger partial charge in [0.25, 0.3) is 0 Å². The molecule has 3 heterocycles. The second kappa shape index (κ2) is 8.62. The van der Waals surface area contributed by atoms with Crippen LogP contribution in [0.1, 0.15) is 37.3 Å². The van der Waals surface area contributed by atoms with Crippen molar-refractivity contribution in [2.45, 2.75) is 39.0 Å². The van der Waals surface area contributed by atoms with Crippen LogP contribution in [0.5, 0.6) is 0 Å². The van der Waals surface area contributed by atoms with Gasteiger partial charge in [-0.1, -0.05) is 0 Å². The fourth-order valence-corrected chi connectivity index (χ4v) is 4.08. The highest BCUT2D eigenvalue weighted by molar-refractivity contribution is 5.78. The van der Waals surface area contributed by atoms with Crippen molar-refractivity contribution >= 4 is 11.8 Å². The SMILES string of the molecule is COCCC(=O)N1CCC(C2CCCN(C(=O)Cc3n[nH]c(C)n3)C2)C1. The Labute approximate surface area is 154 Å². The number of aryl methyl sites for hydroxylation is 1. The van der Waals surface area contributed by atoms with E-state index in [-0.39, 0.29) is 18.2 Å². The summed E-state index contributed by atoms with van der Waals surface area (Å²) in [5.41, 5.74) is 0. The first kappa shape index (κ1) is 18.8. The van der Waals surface area contributed by atoms with Gasteiger partial charge in [-0.2, -0.15) is 5.10 Å². The summed E-state index contributed by atoms with van der Waals surface area (Å²) in [7, 11) is 1.62. The van der Waals surface area contributed by atoms with Crippen molar-refractivity contribution in [3.63, 3.8) is 0 Å². The molecule has 144 valence electrons. The van der Waals surface area contributed by atoms with Crippen LogP contribution in [0.4, 0.5) is 0 Å². The second-order valence-corrected chi connectivity index (χ2v) is 7.39. The Morgan fingerprint density at radius 1 is 1.15 bits per heavy atom. The highest BCUT2D eigenvalue weighted by atomic mass is 16.5. The van der Waals surface area contributed by atoms with E-state index in [1.807, 2.05) is 16.7 Å². The number of amides is 2. The molecular formula is C18H29N5O3. The van der Waals surface area contributed by atoms with Gasteiger partial charge in [-0.05, 0) is 38.0 Å². The van der Waals surface area contributed by atoms with Gasteiger partial charge >= 0.3 is 0 Å². The topological polar surface area (TPSA) is 91.4 Å². The summed E-state index contributed by atoms with van der Waals surface area (Å²) in [5.74, 6) is 2.53. The molecule has 8 heteroatoms. The normalized spacial score (nSPS) is 23.5. The zero-order valence-corrected chi connectivity index (χ0v) is 15.7. The van der Waals surface area contributed by atoms with Crippen LogP contribution < -0.4 is 0 Å². The molecule has 2 unspecified atom stereocenters. The average molecular weight is 363 g/mol. The number of carbonyl (C=O) groups is 2.